The van der Waals surface area contributed by atoms with E-state index < -0.39 is 44.2 Å². The standard InChI is InChI=1S/2C3H3.Ba/c2*1-3-2;/h2*1H,2H2;. The van der Waals surface area contributed by atoms with Crippen LogP contribution >= 0.6 is 0 Å². The molecule has 0 N–H and O–H groups in total. The topological polar surface area (TPSA) is 0 Å². The van der Waals surface area contributed by atoms with Crippen molar-refractivity contribution >= 4 is 44.2 Å². The van der Waals surface area contributed by atoms with Gasteiger partial charge in [-0.05, 0) is 0 Å². The van der Waals surface area contributed by atoms with Gasteiger partial charge in [0.1, 0.15) is 0 Å². The average Bonchev–Trinajstić information content (AvgIpc) is 1.69. The normalized spacial score (nSPS) is 5.43. The summed E-state index contributed by atoms with van der Waals surface area (Å²) in [5, 5.41) is 0. The van der Waals surface area contributed by atoms with Gasteiger partial charge < -0.3 is 0 Å². The Balaban J connectivity index is 2.77. The molecule has 7 heavy (non-hydrogen) atoms. The van der Waals surface area contributed by atoms with Gasteiger partial charge in [-0.15, -0.1) is 0 Å². The van der Waals surface area contributed by atoms with Gasteiger partial charge in [-0.1, -0.05) is 0 Å². The molecule has 0 fully saturated rings. The fourth-order valence-corrected chi connectivity index (χ4v) is 2.13. The maximum atomic E-state index is 5.01. The minimum atomic E-state index is -0.677. The van der Waals surface area contributed by atoms with Gasteiger partial charge in [0.05, 0.1) is 0 Å². The predicted molar refractivity (Wildman–Crippen MR) is 33.0 cm³/mol. The van der Waals surface area contributed by atoms with E-state index in [0.29, 0.717) is 0 Å². The summed E-state index contributed by atoms with van der Waals surface area (Å²) in [4.78, 5) is 0. The first-order chi connectivity index (χ1) is 3.41. The van der Waals surface area contributed by atoms with Crippen molar-refractivity contribution in [2.45, 2.75) is 1.78 Å². The van der Waals surface area contributed by atoms with E-state index in [1.807, 2.05) is 0 Å². The minimum absolute atomic E-state index is 0.677. The predicted octanol–water partition coefficient (Wildman–Crippen LogP) is 0.794. The molecule has 0 saturated carbocycles. The molecule has 32 valence electrons. The molecule has 0 aliphatic rings. The Bertz CT molecular complexity index is 88.3. The molecule has 0 nitrogen and oxygen atoms in total. The summed E-state index contributed by atoms with van der Waals surface area (Å²) in [7, 11) is 0. The third kappa shape index (κ3) is 6.69. The SMILES string of the molecule is C#C[CH2][Ba][CH2]C#C. The van der Waals surface area contributed by atoms with Crippen LogP contribution in [0.15, 0.2) is 0 Å². The molecular formula is C6H6Ba. The van der Waals surface area contributed by atoms with Gasteiger partial charge in [0, 0.05) is 0 Å². The molecule has 1 heteroatoms. The molecule has 0 radical (unpaired) electrons. The van der Waals surface area contributed by atoms with Gasteiger partial charge in [0.2, 0.25) is 0 Å². The zero-order valence-corrected chi connectivity index (χ0v) is 8.72. The summed E-state index contributed by atoms with van der Waals surface area (Å²) < 4.78 is 2.06. The summed E-state index contributed by atoms with van der Waals surface area (Å²) in [6, 6.07) is 0. The summed E-state index contributed by atoms with van der Waals surface area (Å²) in [6.07, 6.45) is 10.0. The molecule has 0 amide bonds. The quantitative estimate of drug-likeness (QED) is 0.363. The third-order valence-electron chi connectivity index (χ3n) is 0.642. The van der Waals surface area contributed by atoms with Gasteiger partial charge in [-0.25, -0.2) is 0 Å². The van der Waals surface area contributed by atoms with Gasteiger partial charge in [0.25, 0.3) is 0 Å². The van der Waals surface area contributed by atoms with Crippen molar-refractivity contribution in [3.63, 3.8) is 0 Å². The van der Waals surface area contributed by atoms with E-state index in [4.69, 9.17) is 12.8 Å². The van der Waals surface area contributed by atoms with Crippen LogP contribution in [0.1, 0.15) is 0 Å². The first kappa shape index (κ1) is 7.69. The average molecular weight is 215 g/mol. The van der Waals surface area contributed by atoms with E-state index in [0.717, 1.165) is 1.78 Å². The maximum absolute atomic E-state index is 5.01. The summed E-state index contributed by atoms with van der Waals surface area (Å²) in [5.74, 6) is 5.21. The van der Waals surface area contributed by atoms with E-state index >= 15 is 0 Å². The van der Waals surface area contributed by atoms with Crippen LogP contribution in [-0.4, -0.2) is 44.2 Å². The van der Waals surface area contributed by atoms with E-state index in [1.54, 1.807) is 0 Å². The number of rotatable bonds is 2. The molecule has 0 atom stereocenters. The van der Waals surface area contributed by atoms with E-state index in [9.17, 15) is 0 Å². The molecule has 0 aliphatic carbocycles. The van der Waals surface area contributed by atoms with Crippen LogP contribution in [0, 0.1) is 24.7 Å². The second-order valence-electron chi connectivity index (χ2n) is 1.26. The van der Waals surface area contributed by atoms with Crippen LogP contribution in [-0.2, 0) is 0 Å². The molecule has 0 aromatic heterocycles. The molecular weight excluding hydrogens is 209 g/mol. The summed E-state index contributed by atoms with van der Waals surface area (Å²) in [6.45, 7) is 0. The number of hydrogen-bond donors (Lipinski definition) is 0. The van der Waals surface area contributed by atoms with Crippen LogP contribution < -0.4 is 0 Å². The van der Waals surface area contributed by atoms with Crippen LogP contribution in [0.25, 0.3) is 0 Å². The van der Waals surface area contributed by atoms with Gasteiger partial charge in [-0.3, -0.25) is 0 Å². The molecule has 0 heterocycles. The number of hydrogen-bond acceptors (Lipinski definition) is 0. The Kier molecular flexibility index (Phi) is 7.35. The molecule has 0 aliphatic heterocycles. The summed E-state index contributed by atoms with van der Waals surface area (Å²) >= 11 is -0.677. The zero-order chi connectivity index (χ0) is 5.54. The van der Waals surface area contributed by atoms with Crippen molar-refractivity contribution in [1.29, 1.82) is 0 Å². The number of terminal acetylenes is 2. The zero-order valence-electron chi connectivity index (χ0n) is 4.28. The van der Waals surface area contributed by atoms with Crippen molar-refractivity contribution in [2.24, 2.45) is 0 Å². The van der Waals surface area contributed by atoms with E-state index in [1.165, 1.54) is 0 Å². The van der Waals surface area contributed by atoms with E-state index in [2.05, 4.69) is 11.8 Å². The van der Waals surface area contributed by atoms with Crippen LogP contribution in [0.4, 0.5) is 0 Å². The fourth-order valence-electron chi connectivity index (χ4n) is 0.293. The second kappa shape index (κ2) is 6.69. The summed E-state index contributed by atoms with van der Waals surface area (Å²) in [5.41, 5.74) is 0. The Morgan fingerprint density at radius 1 is 1.14 bits per heavy atom. The van der Waals surface area contributed by atoms with Crippen molar-refractivity contribution in [3.8, 4) is 24.7 Å². The molecule has 0 bridgehead atoms. The molecule has 0 spiro atoms. The third-order valence-corrected chi connectivity index (χ3v) is 4.68. The van der Waals surface area contributed by atoms with Gasteiger partial charge in [-0.2, -0.15) is 0 Å². The first-order valence-corrected chi connectivity index (χ1v) is 8.56. The monoisotopic (exact) mass is 216 g/mol. The molecule has 0 aromatic carbocycles. The first-order valence-electron chi connectivity index (χ1n) is 2.28. The van der Waals surface area contributed by atoms with Crippen molar-refractivity contribution in [3.05, 3.63) is 0 Å². The molecule has 0 rings (SSSR count). The molecule has 0 unspecified atom stereocenters. The Morgan fingerprint density at radius 3 is 1.86 bits per heavy atom. The van der Waals surface area contributed by atoms with Crippen LogP contribution in [0.5, 0.6) is 0 Å². The van der Waals surface area contributed by atoms with Gasteiger partial charge >= 0.3 is 70.7 Å². The van der Waals surface area contributed by atoms with Crippen molar-refractivity contribution < 1.29 is 0 Å². The van der Waals surface area contributed by atoms with E-state index in [-0.39, 0.29) is 0 Å². The molecule has 0 aromatic rings. The van der Waals surface area contributed by atoms with Crippen molar-refractivity contribution in [1.82, 2.24) is 0 Å². The second-order valence-corrected chi connectivity index (χ2v) is 6.62. The van der Waals surface area contributed by atoms with Crippen LogP contribution in [0.3, 0.4) is 0 Å². The van der Waals surface area contributed by atoms with Crippen molar-refractivity contribution in [2.75, 3.05) is 0 Å². The Hall–Kier alpha value is 0.691. The Morgan fingerprint density at radius 2 is 1.57 bits per heavy atom. The van der Waals surface area contributed by atoms with Gasteiger partial charge in [0.15, 0.2) is 0 Å². The fraction of sp³-hybridized carbons (Fsp3) is 0.333. The van der Waals surface area contributed by atoms with Crippen LogP contribution in [0.2, 0.25) is 1.78 Å². The molecule has 0 saturated heterocycles. The Labute approximate surface area is 69.4 Å².